The zero-order chi connectivity index (χ0) is 13.5. The summed E-state index contributed by atoms with van der Waals surface area (Å²) in [4.78, 5) is 0. The second kappa shape index (κ2) is 6.95. The van der Waals surface area contributed by atoms with Gasteiger partial charge in [-0.15, -0.1) is 0 Å². The van der Waals surface area contributed by atoms with Gasteiger partial charge in [-0.1, -0.05) is 55.5 Å². The van der Waals surface area contributed by atoms with Gasteiger partial charge >= 0.3 is 0 Å². The van der Waals surface area contributed by atoms with Gasteiger partial charge in [-0.25, -0.2) is 0 Å². The van der Waals surface area contributed by atoms with Crippen molar-refractivity contribution >= 4 is 5.69 Å². The van der Waals surface area contributed by atoms with E-state index in [1.807, 2.05) is 55.5 Å². The number of nitrogens with one attached hydrogen (secondary N) is 1. The molecule has 2 heteroatoms. The van der Waals surface area contributed by atoms with Gasteiger partial charge in [0.25, 0.3) is 0 Å². The van der Waals surface area contributed by atoms with E-state index in [1.54, 1.807) is 0 Å². The lowest BCUT2D eigenvalue weighted by molar-refractivity contribution is 0.154. The molecule has 0 radical (unpaired) electrons. The van der Waals surface area contributed by atoms with Gasteiger partial charge in [0.05, 0.1) is 12.1 Å². The van der Waals surface area contributed by atoms with Crippen LogP contribution < -0.4 is 5.32 Å². The molecule has 19 heavy (non-hydrogen) atoms. The van der Waals surface area contributed by atoms with Crippen molar-refractivity contribution in [1.82, 2.24) is 0 Å². The number of para-hydroxylation sites is 1. The zero-order valence-electron chi connectivity index (χ0n) is 11.3. The van der Waals surface area contributed by atoms with Crippen molar-refractivity contribution in [2.24, 2.45) is 0 Å². The second-order valence-electron chi connectivity index (χ2n) is 4.77. The van der Waals surface area contributed by atoms with Gasteiger partial charge in [0.15, 0.2) is 0 Å². The molecule has 2 aromatic carbocycles. The summed E-state index contributed by atoms with van der Waals surface area (Å²) >= 11 is 0. The summed E-state index contributed by atoms with van der Waals surface area (Å²) in [5, 5.41) is 13.4. The molecule has 2 N–H and O–H groups in total. The number of aliphatic hydroxyl groups is 1. The molecule has 0 saturated heterocycles. The van der Waals surface area contributed by atoms with E-state index in [0.29, 0.717) is 0 Å². The van der Waals surface area contributed by atoms with Gasteiger partial charge in [0.1, 0.15) is 0 Å². The lowest BCUT2D eigenvalue weighted by Crippen LogP contribution is -2.18. The molecule has 0 spiro atoms. The number of anilines is 1. The molecular formula is C17H21NO. The molecular weight excluding hydrogens is 234 g/mol. The van der Waals surface area contributed by atoms with Crippen LogP contribution in [-0.2, 0) is 0 Å². The third-order valence-electron chi connectivity index (χ3n) is 3.30. The minimum Gasteiger partial charge on any atom is -0.393 e. The van der Waals surface area contributed by atoms with Gasteiger partial charge in [0, 0.05) is 5.69 Å². The molecule has 0 aromatic heterocycles. The minimum absolute atomic E-state index is 0.138. The average Bonchev–Trinajstić information content (AvgIpc) is 2.48. The summed E-state index contributed by atoms with van der Waals surface area (Å²) < 4.78 is 0. The Kier molecular flexibility index (Phi) is 4.99. The number of hydrogen-bond acceptors (Lipinski definition) is 2. The molecule has 2 nitrogen and oxygen atoms in total. The Morgan fingerprint density at radius 2 is 1.53 bits per heavy atom. The van der Waals surface area contributed by atoms with Gasteiger partial charge in [-0.2, -0.15) is 0 Å². The molecule has 100 valence electrons. The molecule has 0 unspecified atom stereocenters. The third kappa shape index (κ3) is 4.11. The van der Waals surface area contributed by atoms with Crippen LogP contribution in [0.2, 0.25) is 0 Å². The number of rotatable bonds is 6. The molecule has 0 heterocycles. The number of hydrogen-bond donors (Lipinski definition) is 2. The van der Waals surface area contributed by atoms with Crippen LogP contribution >= 0.6 is 0 Å². The van der Waals surface area contributed by atoms with Crippen molar-refractivity contribution in [3.63, 3.8) is 0 Å². The first-order valence-corrected chi connectivity index (χ1v) is 6.84. The van der Waals surface area contributed by atoms with Gasteiger partial charge in [-0.05, 0) is 30.5 Å². The van der Waals surface area contributed by atoms with E-state index in [0.717, 1.165) is 18.5 Å². The van der Waals surface area contributed by atoms with E-state index >= 15 is 0 Å². The molecule has 0 saturated carbocycles. The first-order valence-electron chi connectivity index (χ1n) is 6.84. The molecule has 0 aliphatic carbocycles. The molecule has 2 atom stereocenters. The van der Waals surface area contributed by atoms with Crippen molar-refractivity contribution in [3.05, 3.63) is 66.2 Å². The maximum Gasteiger partial charge on any atom is 0.0560 e. The zero-order valence-corrected chi connectivity index (χ0v) is 11.3. The lowest BCUT2D eigenvalue weighted by Gasteiger charge is -2.22. The third-order valence-corrected chi connectivity index (χ3v) is 3.30. The second-order valence-corrected chi connectivity index (χ2v) is 4.77. The van der Waals surface area contributed by atoms with Gasteiger partial charge < -0.3 is 10.4 Å². The highest BCUT2D eigenvalue weighted by molar-refractivity contribution is 5.45. The number of benzene rings is 2. The van der Waals surface area contributed by atoms with Crippen LogP contribution in [0.1, 0.15) is 31.4 Å². The molecule has 0 bridgehead atoms. The fraction of sp³-hybridized carbons (Fsp3) is 0.294. The van der Waals surface area contributed by atoms with Crippen LogP contribution in [0.25, 0.3) is 0 Å². The van der Waals surface area contributed by atoms with E-state index in [4.69, 9.17) is 0 Å². The maximum atomic E-state index is 9.93. The van der Waals surface area contributed by atoms with Crippen LogP contribution in [0, 0.1) is 0 Å². The quantitative estimate of drug-likeness (QED) is 0.817. The van der Waals surface area contributed by atoms with E-state index in [9.17, 15) is 5.11 Å². The molecule has 0 aliphatic heterocycles. The van der Waals surface area contributed by atoms with Crippen molar-refractivity contribution in [1.29, 1.82) is 0 Å². The highest BCUT2D eigenvalue weighted by Crippen LogP contribution is 2.24. The fourth-order valence-corrected chi connectivity index (χ4v) is 2.14. The topological polar surface area (TPSA) is 32.3 Å². The molecule has 0 aliphatic rings. The average molecular weight is 255 g/mol. The standard InChI is InChI=1S/C17H21NO/c1-2-16(19)13-17(14-9-5-3-6-10-14)18-15-11-7-4-8-12-15/h3-12,16-19H,2,13H2,1H3/t16-,17+/m0/s1. The Balaban J connectivity index is 2.15. The summed E-state index contributed by atoms with van der Waals surface area (Å²) in [7, 11) is 0. The maximum absolute atomic E-state index is 9.93. The minimum atomic E-state index is -0.276. The largest absolute Gasteiger partial charge is 0.393 e. The van der Waals surface area contributed by atoms with E-state index in [-0.39, 0.29) is 12.1 Å². The first-order chi connectivity index (χ1) is 9.29. The molecule has 2 aromatic rings. The van der Waals surface area contributed by atoms with Crippen molar-refractivity contribution in [2.45, 2.75) is 31.9 Å². The summed E-state index contributed by atoms with van der Waals surface area (Å²) in [5.41, 5.74) is 2.29. The predicted octanol–water partition coefficient (Wildman–Crippen LogP) is 4.00. The lowest BCUT2D eigenvalue weighted by atomic mass is 9.99. The SMILES string of the molecule is CC[C@H](O)C[C@@H](Nc1ccccc1)c1ccccc1. The summed E-state index contributed by atoms with van der Waals surface area (Å²) in [6, 6.07) is 20.6. The van der Waals surface area contributed by atoms with Crippen molar-refractivity contribution in [2.75, 3.05) is 5.32 Å². The van der Waals surface area contributed by atoms with Gasteiger partial charge in [-0.3, -0.25) is 0 Å². The van der Waals surface area contributed by atoms with E-state index in [2.05, 4.69) is 17.4 Å². The highest BCUT2D eigenvalue weighted by atomic mass is 16.3. The Morgan fingerprint density at radius 3 is 2.11 bits per heavy atom. The molecule has 2 rings (SSSR count). The fourth-order valence-electron chi connectivity index (χ4n) is 2.14. The van der Waals surface area contributed by atoms with Crippen molar-refractivity contribution < 1.29 is 5.11 Å². The predicted molar refractivity (Wildman–Crippen MR) is 80.2 cm³/mol. The van der Waals surface area contributed by atoms with Gasteiger partial charge in [0.2, 0.25) is 0 Å². The Bertz CT molecular complexity index is 469. The van der Waals surface area contributed by atoms with Crippen molar-refractivity contribution in [3.8, 4) is 0 Å². The van der Waals surface area contributed by atoms with Crippen LogP contribution in [-0.4, -0.2) is 11.2 Å². The van der Waals surface area contributed by atoms with E-state index < -0.39 is 0 Å². The smallest absolute Gasteiger partial charge is 0.0560 e. The summed E-state index contributed by atoms with van der Waals surface area (Å²) in [6.07, 6.45) is 1.22. The Hall–Kier alpha value is -1.80. The van der Waals surface area contributed by atoms with Crippen LogP contribution in [0.15, 0.2) is 60.7 Å². The van der Waals surface area contributed by atoms with Crippen LogP contribution in [0.4, 0.5) is 5.69 Å². The Labute approximate surface area is 115 Å². The van der Waals surface area contributed by atoms with E-state index in [1.165, 1.54) is 5.56 Å². The number of aliphatic hydroxyl groups excluding tert-OH is 1. The molecule has 0 amide bonds. The normalized spacial score (nSPS) is 13.8. The first kappa shape index (κ1) is 13.6. The Morgan fingerprint density at radius 1 is 0.947 bits per heavy atom. The molecule has 0 fully saturated rings. The monoisotopic (exact) mass is 255 g/mol. The van der Waals surface area contributed by atoms with Crippen LogP contribution in [0.3, 0.4) is 0 Å². The van der Waals surface area contributed by atoms with Crippen LogP contribution in [0.5, 0.6) is 0 Å². The summed E-state index contributed by atoms with van der Waals surface area (Å²) in [5.74, 6) is 0. The summed E-state index contributed by atoms with van der Waals surface area (Å²) in [6.45, 7) is 2.01. The highest BCUT2D eigenvalue weighted by Gasteiger charge is 2.15.